The van der Waals surface area contributed by atoms with Crippen LogP contribution >= 0.6 is 0 Å². The Hall–Kier alpha value is -0.960. The Morgan fingerprint density at radius 2 is 2.00 bits per heavy atom. The Morgan fingerprint density at radius 1 is 1.25 bits per heavy atom. The van der Waals surface area contributed by atoms with E-state index in [1.165, 1.54) is 37.8 Å². The predicted octanol–water partition coefficient (Wildman–Crippen LogP) is 2.33. The van der Waals surface area contributed by atoms with E-state index >= 15 is 0 Å². The summed E-state index contributed by atoms with van der Waals surface area (Å²) in [6, 6.07) is 2.16. The highest BCUT2D eigenvalue weighted by molar-refractivity contribution is 5.16. The normalized spacial score (nSPS) is 17.6. The second kappa shape index (κ2) is 5.39. The van der Waals surface area contributed by atoms with Crippen LogP contribution in [0.15, 0.2) is 6.07 Å². The number of hydrogen-bond donors (Lipinski definition) is 1. The number of aromatic nitrogens is 2. The van der Waals surface area contributed by atoms with Gasteiger partial charge in [0.05, 0.1) is 0 Å². The van der Waals surface area contributed by atoms with Gasteiger partial charge >= 0.3 is 0 Å². The number of nitrogens with zero attached hydrogens (tertiary/aromatic N) is 2. The Balaban J connectivity index is 2.18. The molecular weight excluding hydrogens is 198 g/mol. The van der Waals surface area contributed by atoms with Gasteiger partial charge in [0, 0.05) is 23.7 Å². The topological polar surface area (TPSA) is 51.8 Å². The number of nitrogens with two attached hydrogens (primary N) is 1. The number of hydrogen-bond acceptors (Lipinski definition) is 3. The van der Waals surface area contributed by atoms with Gasteiger partial charge in [0.1, 0.15) is 5.82 Å². The maximum absolute atomic E-state index is 5.58. The third-order valence-electron chi connectivity index (χ3n) is 3.33. The molecule has 88 valence electrons. The highest BCUT2D eigenvalue weighted by Gasteiger charge is 2.17. The van der Waals surface area contributed by atoms with Crippen LogP contribution in [0.25, 0.3) is 0 Å². The second-order valence-electron chi connectivity index (χ2n) is 4.70. The molecule has 3 nitrogen and oxygen atoms in total. The molecule has 0 aromatic carbocycles. The van der Waals surface area contributed by atoms with Gasteiger partial charge < -0.3 is 5.73 Å². The maximum Gasteiger partial charge on any atom is 0.125 e. The minimum absolute atomic E-state index is 0.659. The fraction of sp³-hybridized carbons (Fsp3) is 0.692. The number of aryl methyl sites for hydroxylation is 1. The molecule has 3 heteroatoms. The first-order valence-corrected chi connectivity index (χ1v) is 6.34. The lowest BCUT2D eigenvalue weighted by Gasteiger charge is -2.21. The summed E-state index contributed by atoms with van der Waals surface area (Å²) in [5.41, 5.74) is 7.93. The van der Waals surface area contributed by atoms with Gasteiger partial charge in [-0.05, 0) is 32.4 Å². The van der Waals surface area contributed by atoms with Crippen molar-refractivity contribution in [3.05, 3.63) is 23.3 Å². The van der Waals surface area contributed by atoms with Gasteiger partial charge in [-0.2, -0.15) is 0 Å². The Kier molecular flexibility index (Phi) is 3.88. The summed E-state index contributed by atoms with van der Waals surface area (Å²) in [5.74, 6) is 1.55. The first kappa shape index (κ1) is 11.5. The molecule has 0 unspecified atom stereocenters. The van der Waals surface area contributed by atoms with E-state index in [9.17, 15) is 0 Å². The van der Waals surface area contributed by atoms with E-state index in [-0.39, 0.29) is 0 Å². The zero-order valence-electron chi connectivity index (χ0n) is 10.1. The van der Waals surface area contributed by atoms with Crippen LogP contribution in [0.3, 0.4) is 0 Å². The molecule has 1 aliphatic carbocycles. The van der Waals surface area contributed by atoms with E-state index in [2.05, 4.69) is 16.0 Å². The highest BCUT2D eigenvalue weighted by Crippen LogP contribution is 2.31. The molecule has 1 saturated carbocycles. The third kappa shape index (κ3) is 2.79. The highest BCUT2D eigenvalue weighted by atomic mass is 14.9. The fourth-order valence-corrected chi connectivity index (χ4v) is 2.54. The molecule has 0 spiro atoms. The largest absolute Gasteiger partial charge is 0.330 e. The van der Waals surface area contributed by atoms with Gasteiger partial charge in [-0.15, -0.1) is 0 Å². The molecule has 0 bridgehead atoms. The summed E-state index contributed by atoms with van der Waals surface area (Å²) in [6.45, 7) is 2.65. The molecular formula is C13H21N3. The van der Waals surface area contributed by atoms with Crippen molar-refractivity contribution in [2.75, 3.05) is 6.54 Å². The Bertz CT molecular complexity index is 343. The fourth-order valence-electron chi connectivity index (χ4n) is 2.54. The van der Waals surface area contributed by atoms with Crippen molar-refractivity contribution in [3.8, 4) is 0 Å². The van der Waals surface area contributed by atoms with Gasteiger partial charge in [0.15, 0.2) is 0 Å². The molecule has 1 aromatic heterocycles. The van der Waals surface area contributed by atoms with Crippen LogP contribution < -0.4 is 5.73 Å². The average Bonchev–Trinajstić information content (AvgIpc) is 2.30. The van der Waals surface area contributed by atoms with E-state index < -0.39 is 0 Å². The average molecular weight is 219 g/mol. The van der Waals surface area contributed by atoms with E-state index in [1.807, 2.05) is 6.92 Å². The van der Waals surface area contributed by atoms with Gasteiger partial charge in [-0.3, -0.25) is 0 Å². The van der Waals surface area contributed by atoms with Gasteiger partial charge in [-0.1, -0.05) is 19.3 Å². The molecule has 0 saturated heterocycles. The molecule has 0 radical (unpaired) electrons. The Labute approximate surface area is 97.5 Å². The van der Waals surface area contributed by atoms with Crippen LogP contribution in [0.2, 0.25) is 0 Å². The lowest BCUT2D eigenvalue weighted by atomic mass is 9.86. The summed E-state index contributed by atoms with van der Waals surface area (Å²) >= 11 is 0. The Morgan fingerprint density at radius 3 is 2.69 bits per heavy atom. The first-order chi connectivity index (χ1) is 7.79. The van der Waals surface area contributed by atoms with Crippen molar-refractivity contribution < 1.29 is 0 Å². The zero-order chi connectivity index (χ0) is 11.4. The molecule has 1 aromatic rings. The predicted molar refractivity (Wildman–Crippen MR) is 65.4 cm³/mol. The lowest BCUT2D eigenvalue weighted by Crippen LogP contribution is -2.11. The van der Waals surface area contributed by atoms with Crippen LogP contribution in [0.1, 0.15) is 55.2 Å². The molecule has 16 heavy (non-hydrogen) atoms. The molecule has 0 atom stereocenters. The monoisotopic (exact) mass is 219 g/mol. The van der Waals surface area contributed by atoms with Crippen molar-refractivity contribution in [1.29, 1.82) is 0 Å². The molecule has 0 aliphatic heterocycles. The molecule has 2 N–H and O–H groups in total. The SMILES string of the molecule is Cc1nc(CCN)cc(C2CCCCC2)n1. The van der Waals surface area contributed by atoms with Crippen molar-refractivity contribution in [1.82, 2.24) is 9.97 Å². The summed E-state index contributed by atoms with van der Waals surface area (Å²) in [5, 5.41) is 0. The van der Waals surface area contributed by atoms with Crippen molar-refractivity contribution in [3.63, 3.8) is 0 Å². The van der Waals surface area contributed by atoms with Crippen LogP contribution in [0.4, 0.5) is 0 Å². The molecule has 2 rings (SSSR count). The quantitative estimate of drug-likeness (QED) is 0.849. The summed E-state index contributed by atoms with van der Waals surface area (Å²) in [7, 11) is 0. The molecule has 1 aliphatic rings. The lowest BCUT2D eigenvalue weighted by molar-refractivity contribution is 0.435. The van der Waals surface area contributed by atoms with Crippen LogP contribution in [0.5, 0.6) is 0 Å². The van der Waals surface area contributed by atoms with E-state index in [1.54, 1.807) is 0 Å². The van der Waals surface area contributed by atoms with E-state index in [0.717, 1.165) is 17.9 Å². The molecule has 1 heterocycles. The van der Waals surface area contributed by atoms with Gasteiger partial charge in [-0.25, -0.2) is 9.97 Å². The van der Waals surface area contributed by atoms with Crippen LogP contribution in [0, 0.1) is 6.92 Å². The van der Waals surface area contributed by atoms with Crippen molar-refractivity contribution >= 4 is 0 Å². The van der Waals surface area contributed by atoms with Crippen LogP contribution in [-0.4, -0.2) is 16.5 Å². The van der Waals surface area contributed by atoms with E-state index in [4.69, 9.17) is 5.73 Å². The smallest absolute Gasteiger partial charge is 0.125 e. The maximum atomic E-state index is 5.58. The number of rotatable bonds is 3. The van der Waals surface area contributed by atoms with Crippen LogP contribution in [-0.2, 0) is 6.42 Å². The van der Waals surface area contributed by atoms with Crippen molar-refractivity contribution in [2.24, 2.45) is 5.73 Å². The zero-order valence-corrected chi connectivity index (χ0v) is 10.1. The molecule has 0 amide bonds. The summed E-state index contributed by atoms with van der Waals surface area (Å²) in [6.07, 6.45) is 7.52. The summed E-state index contributed by atoms with van der Waals surface area (Å²) in [4.78, 5) is 9.02. The third-order valence-corrected chi connectivity index (χ3v) is 3.33. The van der Waals surface area contributed by atoms with Crippen molar-refractivity contribution in [2.45, 2.75) is 51.4 Å². The standard InChI is InChI=1S/C13H21N3/c1-10-15-12(7-8-14)9-13(16-10)11-5-3-2-4-6-11/h9,11H,2-8,14H2,1H3. The first-order valence-electron chi connectivity index (χ1n) is 6.34. The minimum atomic E-state index is 0.659. The minimum Gasteiger partial charge on any atom is -0.330 e. The molecule has 1 fully saturated rings. The summed E-state index contributed by atoms with van der Waals surface area (Å²) < 4.78 is 0. The van der Waals surface area contributed by atoms with E-state index in [0.29, 0.717) is 12.5 Å². The van der Waals surface area contributed by atoms with Gasteiger partial charge in [0.25, 0.3) is 0 Å². The van der Waals surface area contributed by atoms with Gasteiger partial charge in [0.2, 0.25) is 0 Å². The second-order valence-corrected chi connectivity index (χ2v) is 4.70.